The Labute approximate surface area is 125 Å². The van der Waals surface area contributed by atoms with Crippen molar-refractivity contribution in [1.82, 2.24) is 4.90 Å². The van der Waals surface area contributed by atoms with Crippen LogP contribution in [0.15, 0.2) is 18.2 Å². The molecule has 0 radical (unpaired) electrons. The molecule has 1 saturated heterocycles. The van der Waals surface area contributed by atoms with Crippen LogP contribution in [0.3, 0.4) is 0 Å². The summed E-state index contributed by atoms with van der Waals surface area (Å²) in [5.74, 6) is 1.48. The van der Waals surface area contributed by atoms with Gasteiger partial charge in [-0.3, -0.25) is 4.90 Å². The van der Waals surface area contributed by atoms with Gasteiger partial charge in [0.15, 0.2) is 0 Å². The van der Waals surface area contributed by atoms with Gasteiger partial charge in [-0.2, -0.15) is 0 Å². The number of nitrogens with two attached hydrogens (primary N) is 1. The van der Waals surface area contributed by atoms with Crippen LogP contribution in [0, 0.1) is 11.8 Å². The quantitative estimate of drug-likeness (QED) is 0.915. The number of rotatable bonds is 3. The minimum absolute atomic E-state index is 0.168. The third-order valence-electron chi connectivity index (χ3n) is 4.37. The van der Waals surface area contributed by atoms with E-state index in [-0.39, 0.29) is 6.04 Å². The minimum atomic E-state index is 0.168. The van der Waals surface area contributed by atoms with Gasteiger partial charge in [0, 0.05) is 19.1 Å². The number of likely N-dealkylation sites (tertiary alicyclic amines) is 1. The van der Waals surface area contributed by atoms with Crippen LogP contribution in [0.1, 0.15) is 31.9 Å². The second-order valence-corrected chi connectivity index (χ2v) is 6.42. The Morgan fingerprint density at radius 2 is 2.05 bits per heavy atom. The van der Waals surface area contributed by atoms with E-state index in [2.05, 4.69) is 18.7 Å². The highest BCUT2D eigenvalue weighted by molar-refractivity contribution is 6.42. The monoisotopic (exact) mass is 300 g/mol. The van der Waals surface area contributed by atoms with Gasteiger partial charge in [-0.1, -0.05) is 49.2 Å². The fraction of sp³-hybridized carbons (Fsp3) is 0.600. The molecule has 1 aliphatic rings. The second kappa shape index (κ2) is 6.45. The topological polar surface area (TPSA) is 29.3 Å². The van der Waals surface area contributed by atoms with E-state index in [1.54, 1.807) is 0 Å². The molecule has 106 valence electrons. The van der Waals surface area contributed by atoms with E-state index >= 15 is 0 Å². The van der Waals surface area contributed by atoms with Crippen molar-refractivity contribution in [2.75, 3.05) is 19.6 Å². The SMILES string of the molecule is CC1CCN(C(CN)c2cccc(Cl)c2Cl)CC1C. The van der Waals surface area contributed by atoms with E-state index in [9.17, 15) is 0 Å². The summed E-state index contributed by atoms with van der Waals surface area (Å²) in [7, 11) is 0. The van der Waals surface area contributed by atoms with Crippen molar-refractivity contribution in [1.29, 1.82) is 0 Å². The number of hydrogen-bond donors (Lipinski definition) is 1. The predicted octanol–water partition coefficient (Wildman–Crippen LogP) is 3.97. The fourth-order valence-corrected chi connectivity index (χ4v) is 3.26. The first-order valence-electron chi connectivity index (χ1n) is 6.92. The molecule has 4 heteroatoms. The van der Waals surface area contributed by atoms with E-state index in [0.29, 0.717) is 22.5 Å². The molecule has 2 N–H and O–H groups in total. The molecular weight excluding hydrogens is 279 g/mol. The van der Waals surface area contributed by atoms with Crippen LogP contribution < -0.4 is 5.73 Å². The van der Waals surface area contributed by atoms with E-state index < -0.39 is 0 Å². The summed E-state index contributed by atoms with van der Waals surface area (Å²) in [6.07, 6.45) is 1.22. The molecule has 0 bridgehead atoms. The smallest absolute Gasteiger partial charge is 0.0640 e. The van der Waals surface area contributed by atoms with E-state index in [4.69, 9.17) is 28.9 Å². The molecule has 3 unspecified atom stereocenters. The highest BCUT2D eigenvalue weighted by Gasteiger charge is 2.29. The van der Waals surface area contributed by atoms with Crippen molar-refractivity contribution in [2.45, 2.75) is 26.3 Å². The largest absolute Gasteiger partial charge is 0.329 e. The lowest BCUT2D eigenvalue weighted by molar-refractivity contribution is 0.0983. The molecule has 2 rings (SSSR count). The van der Waals surface area contributed by atoms with E-state index in [1.165, 1.54) is 6.42 Å². The zero-order valence-electron chi connectivity index (χ0n) is 11.6. The van der Waals surface area contributed by atoms with Crippen LogP contribution >= 0.6 is 23.2 Å². The summed E-state index contributed by atoms with van der Waals surface area (Å²) >= 11 is 12.5. The normalized spacial score (nSPS) is 26.4. The summed E-state index contributed by atoms with van der Waals surface area (Å²) in [6, 6.07) is 5.97. The van der Waals surface area contributed by atoms with Gasteiger partial charge < -0.3 is 5.73 Å². The summed E-state index contributed by atoms with van der Waals surface area (Å²) in [5, 5.41) is 1.25. The highest BCUT2D eigenvalue weighted by Crippen LogP contribution is 2.35. The molecule has 3 atom stereocenters. The minimum Gasteiger partial charge on any atom is -0.329 e. The number of nitrogens with zero attached hydrogens (tertiary/aromatic N) is 1. The van der Waals surface area contributed by atoms with E-state index in [1.807, 2.05) is 18.2 Å². The number of benzene rings is 1. The van der Waals surface area contributed by atoms with Gasteiger partial charge in [0.2, 0.25) is 0 Å². The van der Waals surface area contributed by atoms with E-state index in [0.717, 1.165) is 24.6 Å². The Hall–Kier alpha value is -0.280. The van der Waals surface area contributed by atoms with Crippen molar-refractivity contribution >= 4 is 23.2 Å². The third kappa shape index (κ3) is 3.25. The lowest BCUT2D eigenvalue weighted by Crippen LogP contribution is -2.43. The number of hydrogen-bond acceptors (Lipinski definition) is 2. The molecule has 1 heterocycles. The zero-order chi connectivity index (χ0) is 14.0. The highest BCUT2D eigenvalue weighted by atomic mass is 35.5. The Balaban J connectivity index is 2.22. The molecule has 2 nitrogen and oxygen atoms in total. The first-order valence-corrected chi connectivity index (χ1v) is 7.68. The average Bonchev–Trinajstić information content (AvgIpc) is 2.39. The van der Waals surface area contributed by atoms with Gasteiger partial charge >= 0.3 is 0 Å². The molecular formula is C15H22Cl2N2. The maximum absolute atomic E-state index is 6.34. The van der Waals surface area contributed by atoms with Gasteiger partial charge in [0.25, 0.3) is 0 Å². The predicted molar refractivity (Wildman–Crippen MR) is 82.8 cm³/mol. The van der Waals surface area contributed by atoms with Gasteiger partial charge in [0.05, 0.1) is 10.0 Å². The lowest BCUT2D eigenvalue weighted by atomic mass is 9.87. The van der Waals surface area contributed by atoms with Crippen LogP contribution in [0.5, 0.6) is 0 Å². The Kier molecular flexibility index (Phi) is 5.13. The molecule has 0 aromatic heterocycles. The van der Waals surface area contributed by atoms with Crippen LogP contribution in [-0.4, -0.2) is 24.5 Å². The van der Waals surface area contributed by atoms with Crippen molar-refractivity contribution in [3.8, 4) is 0 Å². The first-order chi connectivity index (χ1) is 9.04. The van der Waals surface area contributed by atoms with Gasteiger partial charge in [-0.15, -0.1) is 0 Å². The summed E-state index contributed by atoms with van der Waals surface area (Å²) < 4.78 is 0. The molecule has 1 aliphatic heterocycles. The second-order valence-electron chi connectivity index (χ2n) is 5.63. The van der Waals surface area contributed by atoms with Gasteiger partial charge in [0.1, 0.15) is 0 Å². The van der Waals surface area contributed by atoms with Crippen molar-refractivity contribution in [3.63, 3.8) is 0 Å². The number of piperidine rings is 1. The molecule has 1 aromatic rings. The van der Waals surface area contributed by atoms with Crippen LogP contribution in [0.25, 0.3) is 0 Å². The summed E-state index contributed by atoms with van der Waals surface area (Å²) in [5.41, 5.74) is 7.05. The maximum atomic E-state index is 6.34. The molecule has 0 amide bonds. The Morgan fingerprint density at radius 1 is 1.32 bits per heavy atom. The van der Waals surface area contributed by atoms with Gasteiger partial charge in [-0.25, -0.2) is 0 Å². The molecule has 0 saturated carbocycles. The number of halogens is 2. The average molecular weight is 301 g/mol. The summed E-state index contributed by atoms with van der Waals surface area (Å²) in [6.45, 7) is 7.36. The van der Waals surface area contributed by atoms with Crippen LogP contribution in [0.2, 0.25) is 10.0 Å². The molecule has 1 aromatic carbocycles. The third-order valence-corrected chi connectivity index (χ3v) is 5.20. The molecule has 19 heavy (non-hydrogen) atoms. The van der Waals surface area contributed by atoms with Crippen molar-refractivity contribution in [2.24, 2.45) is 17.6 Å². The Morgan fingerprint density at radius 3 is 2.68 bits per heavy atom. The zero-order valence-corrected chi connectivity index (χ0v) is 13.1. The van der Waals surface area contributed by atoms with Crippen molar-refractivity contribution < 1.29 is 0 Å². The Bertz CT molecular complexity index is 436. The lowest BCUT2D eigenvalue weighted by Gasteiger charge is -2.40. The van der Waals surface area contributed by atoms with Crippen molar-refractivity contribution in [3.05, 3.63) is 33.8 Å². The molecule has 0 spiro atoms. The first kappa shape index (κ1) is 15.1. The molecule has 1 fully saturated rings. The van der Waals surface area contributed by atoms with Gasteiger partial charge in [-0.05, 0) is 36.4 Å². The van der Waals surface area contributed by atoms with Crippen LogP contribution in [-0.2, 0) is 0 Å². The molecule has 0 aliphatic carbocycles. The summed E-state index contributed by atoms with van der Waals surface area (Å²) in [4.78, 5) is 2.45. The maximum Gasteiger partial charge on any atom is 0.0640 e. The fourth-order valence-electron chi connectivity index (χ4n) is 2.83. The standard InChI is InChI=1S/C15H22Cl2N2/c1-10-6-7-19(9-11(10)2)14(8-18)12-4-3-5-13(16)15(12)17/h3-5,10-11,14H,6-9,18H2,1-2H3. The van der Waals surface area contributed by atoms with Crippen LogP contribution in [0.4, 0.5) is 0 Å².